The van der Waals surface area contributed by atoms with Crippen LogP contribution in [0.3, 0.4) is 0 Å². The summed E-state index contributed by atoms with van der Waals surface area (Å²) in [6.07, 6.45) is 3.55. The van der Waals surface area contributed by atoms with E-state index in [4.69, 9.17) is 16.3 Å². The lowest BCUT2D eigenvalue weighted by Crippen LogP contribution is -2.55. The maximum atomic E-state index is 12.5. The Hall–Kier alpha value is -2.01. The third-order valence-electron chi connectivity index (χ3n) is 4.20. The molecule has 10 heteroatoms. The SMILES string of the molecule is CN=C(NCCOc1ccc(Cl)cc1)N1CCN(c2cnn(C)c2)C(=O)C1.I. The summed E-state index contributed by atoms with van der Waals surface area (Å²) in [5, 5.41) is 8.04. The van der Waals surface area contributed by atoms with Crippen LogP contribution in [0, 0.1) is 0 Å². The summed E-state index contributed by atoms with van der Waals surface area (Å²) in [6.45, 7) is 2.61. The lowest BCUT2D eigenvalue weighted by Gasteiger charge is -2.35. The lowest BCUT2D eigenvalue weighted by atomic mass is 10.3. The van der Waals surface area contributed by atoms with Crippen LogP contribution in [0.2, 0.25) is 5.02 Å². The summed E-state index contributed by atoms with van der Waals surface area (Å²) in [6, 6.07) is 7.23. The first kappa shape index (κ1) is 22.3. The number of carbonyl (C=O) groups is 1. The second-order valence-corrected chi connectivity index (χ2v) is 6.55. The van der Waals surface area contributed by atoms with Gasteiger partial charge in [-0.1, -0.05) is 11.6 Å². The van der Waals surface area contributed by atoms with E-state index in [0.29, 0.717) is 37.2 Å². The molecule has 8 nitrogen and oxygen atoms in total. The number of nitrogens with one attached hydrogen (secondary N) is 1. The third kappa shape index (κ3) is 5.74. The molecule has 0 radical (unpaired) electrons. The molecule has 0 bridgehead atoms. The van der Waals surface area contributed by atoms with E-state index in [1.807, 2.05) is 30.3 Å². The summed E-state index contributed by atoms with van der Waals surface area (Å²) < 4.78 is 7.35. The molecule has 1 aromatic carbocycles. The Balaban J connectivity index is 0.00000280. The molecular weight excluding hydrogens is 495 g/mol. The number of amides is 1. The fourth-order valence-electron chi connectivity index (χ4n) is 2.87. The van der Waals surface area contributed by atoms with Gasteiger partial charge in [0.1, 0.15) is 18.9 Å². The molecular formula is C18H24ClIN6O2. The molecule has 3 rings (SSSR count). The minimum atomic E-state index is 0. The van der Waals surface area contributed by atoms with Gasteiger partial charge < -0.3 is 19.9 Å². The molecule has 1 aliphatic rings. The Labute approximate surface area is 186 Å². The number of anilines is 1. The van der Waals surface area contributed by atoms with Crippen molar-refractivity contribution in [3.8, 4) is 5.75 Å². The van der Waals surface area contributed by atoms with E-state index in [9.17, 15) is 4.79 Å². The van der Waals surface area contributed by atoms with Crippen molar-refractivity contribution in [2.24, 2.45) is 12.0 Å². The number of nitrogens with zero attached hydrogens (tertiary/aromatic N) is 5. The molecule has 0 atom stereocenters. The quantitative estimate of drug-likeness (QED) is 0.284. The zero-order chi connectivity index (χ0) is 19.2. The van der Waals surface area contributed by atoms with Crippen LogP contribution >= 0.6 is 35.6 Å². The molecule has 0 unspecified atom stereocenters. The smallest absolute Gasteiger partial charge is 0.246 e. The number of hydrogen-bond acceptors (Lipinski definition) is 4. The van der Waals surface area contributed by atoms with Crippen LogP contribution in [-0.2, 0) is 11.8 Å². The first-order valence-corrected chi connectivity index (χ1v) is 9.07. The number of aliphatic imine (C=N–C) groups is 1. The van der Waals surface area contributed by atoms with Crippen LogP contribution in [0.15, 0.2) is 41.7 Å². The van der Waals surface area contributed by atoms with E-state index in [0.717, 1.165) is 11.4 Å². The highest BCUT2D eigenvalue weighted by atomic mass is 127. The molecule has 1 aliphatic heterocycles. The number of halogens is 2. The number of aromatic nitrogens is 2. The number of ether oxygens (including phenoxy) is 1. The second-order valence-electron chi connectivity index (χ2n) is 6.12. The van der Waals surface area contributed by atoms with Gasteiger partial charge in [0.15, 0.2) is 5.96 Å². The Bertz CT molecular complexity index is 811. The number of rotatable bonds is 5. The van der Waals surface area contributed by atoms with E-state index in [-0.39, 0.29) is 36.4 Å². The second kappa shape index (κ2) is 10.5. The van der Waals surface area contributed by atoms with Gasteiger partial charge >= 0.3 is 0 Å². The first-order valence-electron chi connectivity index (χ1n) is 8.70. The molecule has 28 heavy (non-hydrogen) atoms. The normalized spacial score (nSPS) is 14.7. The zero-order valence-corrected chi connectivity index (χ0v) is 18.9. The van der Waals surface area contributed by atoms with E-state index in [2.05, 4.69) is 15.4 Å². The fraction of sp³-hybridized carbons (Fsp3) is 0.389. The van der Waals surface area contributed by atoms with E-state index >= 15 is 0 Å². The van der Waals surface area contributed by atoms with Gasteiger partial charge in [-0.3, -0.25) is 14.5 Å². The van der Waals surface area contributed by atoms with Gasteiger partial charge in [-0.2, -0.15) is 5.10 Å². The van der Waals surface area contributed by atoms with Crippen molar-refractivity contribution < 1.29 is 9.53 Å². The molecule has 1 amide bonds. The molecule has 1 fully saturated rings. The highest BCUT2D eigenvalue weighted by molar-refractivity contribution is 14.0. The van der Waals surface area contributed by atoms with Gasteiger partial charge in [0.2, 0.25) is 5.91 Å². The van der Waals surface area contributed by atoms with Gasteiger partial charge in [-0.05, 0) is 24.3 Å². The Morgan fingerprint density at radius 3 is 2.68 bits per heavy atom. The van der Waals surface area contributed by atoms with Crippen molar-refractivity contribution in [3.05, 3.63) is 41.7 Å². The molecule has 2 heterocycles. The lowest BCUT2D eigenvalue weighted by molar-refractivity contribution is -0.120. The van der Waals surface area contributed by atoms with Gasteiger partial charge in [-0.15, -0.1) is 24.0 Å². The number of hydrogen-bond donors (Lipinski definition) is 1. The third-order valence-corrected chi connectivity index (χ3v) is 4.45. The largest absolute Gasteiger partial charge is 0.492 e. The predicted octanol–water partition coefficient (Wildman–Crippen LogP) is 1.99. The molecule has 152 valence electrons. The first-order chi connectivity index (χ1) is 13.1. The average molecular weight is 519 g/mol. The molecule has 1 N–H and O–H groups in total. The summed E-state index contributed by atoms with van der Waals surface area (Å²) in [7, 11) is 3.54. The minimum absolute atomic E-state index is 0. The zero-order valence-electron chi connectivity index (χ0n) is 15.8. The van der Waals surface area contributed by atoms with Crippen molar-refractivity contribution >= 4 is 53.1 Å². The average Bonchev–Trinajstić information content (AvgIpc) is 3.09. The van der Waals surface area contributed by atoms with E-state index in [1.54, 1.807) is 35.0 Å². The molecule has 0 spiro atoms. The summed E-state index contributed by atoms with van der Waals surface area (Å²) in [5.41, 5.74) is 0.821. The van der Waals surface area contributed by atoms with Crippen LogP contribution < -0.4 is 15.0 Å². The van der Waals surface area contributed by atoms with Crippen molar-refractivity contribution in [2.45, 2.75) is 0 Å². The van der Waals surface area contributed by atoms with Crippen molar-refractivity contribution in [1.29, 1.82) is 0 Å². The van der Waals surface area contributed by atoms with Crippen molar-refractivity contribution in [2.75, 3.05) is 44.7 Å². The monoisotopic (exact) mass is 518 g/mol. The fourth-order valence-corrected chi connectivity index (χ4v) is 3.00. The van der Waals surface area contributed by atoms with Crippen LogP contribution in [0.1, 0.15) is 0 Å². The highest BCUT2D eigenvalue weighted by Crippen LogP contribution is 2.16. The Morgan fingerprint density at radius 1 is 1.32 bits per heavy atom. The Kier molecular flexibility index (Phi) is 8.36. The molecule has 1 aromatic heterocycles. The number of piperazine rings is 1. The predicted molar refractivity (Wildman–Crippen MR) is 121 cm³/mol. The maximum absolute atomic E-state index is 12.5. The standard InChI is InChI=1S/C18H23ClN6O2.HI/c1-20-18(21-7-10-27-16-5-3-14(19)4-6-16)24-8-9-25(17(26)13-24)15-11-22-23(2)12-15;/h3-6,11-12H,7-10,13H2,1-2H3,(H,20,21);1H. The van der Waals surface area contributed by atoms with Gasteiger partial charge in [0.05, 0.1) is 18.4 Å². The molecule has 1 saturated heterocycles. The summed E-state index contributed by atoms with van der Waals surface area (Å²) in [4.78, 5) is 20.5. The van der Waals surface area contributed by atoms with E-state index < -0.39 is 0 Å². The van der Waals surface area contributed by atoms with Gasteiger partial charge in [0, 0.05) is 38.4 Å². The highest BCUT2D eigenvalue weighted by Gasteiger charge is 2.27. The Morgan fingerprint density at radius 2 is 2.07 bits per heavy atom. The van der Waals surface area contributed by atoms with E-state index in [1.165, 1.54) is 0 Å². The molecule has 0 saturated carbocycles. The number of benzene rings is 1. The van der Waals surface area contributed by atoms with Crippen LogP contribution in [0.25, 0.3) is 0 Å². The van der Waals surface area contributed by atoms with Gasteiger partial charge in [-0.25, -0.2) is 0 Å². The number of aryl methyl sites for hydroxylation is 1. The number of carbonyl (C=O) groups excluding carboxylic acids is 1. The summed E-state index contributed by atoms with van der Waals surface area (Å²) >= 11 is 5.86. The van der Waals surface area contributed by atoms with Gasteiger partial charge in [0.25, 0.3) is 0 Å². The number of guanidine groups is 1. The minimum Gasteiger partial charge on any atom is -0.492 e. The van der Waals surface area contributed by atoms with Crippen LogP contribution in [-0.4, -0.2) is 66.4 Å². The van der Waals surface area contributed by atoms with Crippen LogP contribution in [0.4, 0.5) is 5.69 Å². The van der Waals surface area contributed by atoms with Crippen molar-refractivity contribution in [1.82, 2.24) is 20.0 Å². The summed E-state index contributed by atoms with van der Waals surface area (Å²) in [5.74, 6) is 1.47. The van der Waals surface area contributed by atoms with Crippen LogP contribution in [0.5, 0.6) is 5.75 Å². The molecule has 0 aliphatic carbocycles. The molecule has 2 aromatic rings. The topological polar surface area (TPSA) is 75.0 Å². The van der Waals surface area contributed by atoms with Crippen molar-refractivity contribution in [3.63, 3.8) is 0 Å². The maximum Gasteiger partial charge on any atom is 0.246 e.